The number of benzene rings is 2. The average Bonchev–Trinajstić information content (AvgIpc) is 2.81. The van der Waals surface area contributed by atoms with Crippen LogP contribution in [0.5, 0.6) is 0 Å². The number of allylic oxidation sites excluding steroid dienone is 4. The zero-order valence-electron chi connectivity index (χ0n) is 21.2. The molecule has 0 N–H and O–H groups in total. The third-order valence-corrected chi connectivity index (χ3v) is 11.1. The van der Waals surface area contributed by atoms with Gasteiger partial charge in [0.25, 0.3) is 8.32 Å². The minimum Gasteiger partial charge on any atom is -0.403 e. The Kier molecular flexibility index (Phi) is 10.3. The molecule has 2 rings (SSSR count). The Morgan fingerprint density at radius 2 is 1.48 bits per heavy atom. The lowest BCUT2D eigenvalue weighted by Gasteiger charge is -2.43. The molecule has 3 heteroatoms. The van der Waals surface area contributed by atoms with Gasteiger partial charge in [-0.3, -0.25) is 4.79 Å². The number of aldehydes is 1. The molecule has 0 saturated heterocycles. The van der Waals surface area contributed by atoms with Gasteiger partial charge in [-0.15, -0.1) is 0 Å². The van der Waals surface area contributed by atoms with Gasteiger partial charge < -0.3 is 4.43 Å². The molecule has 2 aromatic carbocycles. The molecule has 0 saturated carbocycles. The van der Waals surface area contributed by atoms with Gasteiger partial charge in [-0.2, -0.15) is 0 Å². The zero-order valence-corrected chi connectivity index (χ0v) is 22.2. The Balaban J connectivity index is 2.29. The van der Waals surface area contributed by atoms with Crippen molar-refractivity contribution in [2.24, 2.45) is 0 Å². The molecule has 0 fully saturated rings. The summed E-state index contributed by atoms with van der Waals surface area (Å²) >= 11 is 0. The largest absolute Gasteiger partial charge is 0.403 e. The van der Waals surface area contributed by atoms with Crippen LogP contribution in [0.2, 0.25) is 5.04 Å². The molecule has 0 atom stereocenters. The van der Waals surface area contributed by atoms with Crippen LogP contribution in [0.1, 0.15) is 60.8 Å². The summed E-state index contributed by atoms with van der Waals surface area (Å²) < 4.78 is 7.07. The van der Waals surface area contributed by atoms with Crippen LogP contribution in [0, 0.1) is 0 Å². The molecule has 0 radical (unpaired) electrons. The minimum atomic E-state index is -2.54. The van der Waals surface area contributed by atoms with E-state index < -0.39 is 8.32 Å². The van der Waals surface area contributed by atoms with Gasteiger partial charge in [0, 0.05) is 0 Å². The molecule has 33 heavy (non-hydrogen) atoms. The summed E-state index contributed by atoms with van der Waals surface area (Å²) in [7, 11) is -2.54. The molecule has 0 amide bonds. The van der Waals surface area contributed by atoms with E-state index in [1.807, 2.05) is 13.0 Å². The van der Waals surface area contributed by atoms with E-state index >= 15 is 0 Å². The van der Waals surface area contributed by atoms with E-state index in [0.29, 0.717) is 6.61 Å². The van der Waals surface area contributed by atoms with Crippen molar-refractivity contribution in [3.63, 3.8) is 0 Å². The van der Waals surface area contributed by atoms with E-state index in [1.54, 1.807) is 0 Å². The topological polar surface area (TPSA) is 26.3 Å². The highest BCUT2D eigenvalue weighted by Gasteiger charge is 2.50. The number of carbonyl (C=O) groups excluding carboxylic acids is 1. The summed E-state index contributed by atoms with van der Waals surface area (Å²) in [4.78, 5) is 10.7. The molecule has 0 bridgehead atoms. The Hall–Kier alpha value is -2.49. The smallest absolute Gasteiger partial charge is 0.261 e. The van der Waals surface area contributed by atoms with E-state index in [0.717, 1.165) is 31.1 Å². The Morgan fingerprint density at radius 3 is 1.94 bits per heavy atom. The maximum atomic E-state index is 10.7. The number of hydrogen-bond donors (Lipinski definition) is 0. The Labute approximate surface area is 202 Å². The highest BCUT2D eigenvalue weighted by molar-refractivity contribution is 6.99. The second-order valence-electron chi connectivity index (χ2n) is 9.76. The van der Waals surface area contributed by atoms with Gasteiger partial charge in [-0.25, -0.2) is 0 Å². The fourth-order valence-corrected chi connectivity index (χ4v) is 8.85. The Morgan fingerprint density at radius 1 is 0.939 bits per heavy atom. The summed E-state index contributed by atoms with van der Waals surface area (Å²) in [5.41, 5.74) is 3.36. The van der Waals surface area contributed by atoms with Gasteiger partial charge in [0.05, 0.1) is 6.61 Å². The van der Waals surface area contributed by atoms with Crippen LogP contribution < -0.4 is 10.4 Å². The third-order valence-electron chi connectivity index (χ3n) is 6.10. The van der Waals surface area contributed by atoms with Gasteiger partial charge in [0.1, 0.15) is 6.29 Å². The summed E-state index contributed by atoms with van der Waals surface area (Å²) in [6.45, 7) is 13.6. The van der Waals surface area contributed by atoms with E-state index in [9.17, 15) is 4.79 Å². The molecule has 0 spiro atoms. The molecule has 0 aliphatic rings. The standard InChI is InChI=1S/C30H40O2Si/c1-7-27(22-25(2)16-14-15-17-26(3)23-31)24-32-33(30(4,5)6,28-18-10-8-11-19-28)29-20-12-9-13-21-29/h7-13,17-23H,14-16,24H2,1-6H3/b25-22+,26-17+,27-7-. The Bertz CT molecular complexity index is 924. The van der Waals surface area contributed by atoms with Crippen LogP contribution in [0.25, 0.3) is 0 Å². The van der Waals surface area contributed by atoms with Gasteiger partial charge in [0.2, 0.25) is 0 Å². The zero-order chi connectivity index (χ0) is 24.3. The molecule has 176 valence electrons. The van der Waals surface area contributed by atoms with Crippen LogP contribution in [0.3, 0.4) is 0 Å². The van der Waals surface area contributed by atoms with Crippen LogP contribution in [-0.2, 0) is 9.22 Å². The normalized spacial score (nSPS) is 13.8. The first-order chi connectivity index (χ1) is 15.7. The SMILES string of the molecule is C/C=C(/C=C(\C)CCC/C=C(\C)C=O)CO[Si](c1ccccc1)(c1ccccc1)C(C)(C)C. The maximum Gasteiger partial charge on any atom is 0.261 e. The van der Waals surface area contributed by atoms with Crippen molar-refractivity contribution in [3.8, 4) is 0 Å². The molecule has 2 aromatic rings. The van der Waals surface area contributed by atoms with E-state index in [2.05, 4.69) is 107 Å². The monoisotopic (exact) mass is 460 g/mol. The number of unbranched alkanes of at least 4 members (excludes halogenated alkanes) is 1. The lowest BCUT2D eigenvalue weighted by atomic mass is 10.1. The van der Waals surface area contributed by atoms with Crippen molar-refractivity contribution >= 4 is 25.0 Å². The summed E-state index contributed by atoms with van der Waals surface area (Å²) in [5, 5.41) is 2.57. The fraction of sp³-hybridized carbons (Fsp3) is 0.367. The number of carbonyl (C=O) groups is 1. The highest BCUT2D eigenvalue weighted by atomic mass is 28.4. The number of hydrogen-bond acceptors (Lipinski definition) is 2. The number of rotatable bonds is 11. The quantitative estimate of drug-likeness (QED) is 0.122. The van der Waals surface area contributed by atoms with Crippen molar-refractivity contribution < 1.29 is 9.22 Å². The van der Waals surface area contributed by atoms with Crippen LogP contribution in [0.15, 0.2) is 95.6 Å². The van der Waals surface area contributed by atoms with Gasteiger partial charge in [-0.05, 0) is 66.6 Å². The van der Waals surface area contributed by atoms with Crippen LogP contribution in [-0.4, -0.2) is 21.2 Å². The van der Waals surface area contributed by atoms with Gasteiger partial charge >= 0.3 is 0 Å². The summed E-state index contributed by atoms with van der Waals surface area (Å²) in [5.74, 6) is 0. The first-order valence-electron chi connectivity index (χ1n) is 11.9. The van der Waals surface area contributed by atoms with Crippen molar-refractivity contribution in [3.05, 3.63) is 95.6 Å². The minimum absolute atomic E-state index is 0.0317. The molecule has 0 aliphatic heterocycles. The lowest BCUT2D eigenvalue weighted by Crippen LogP contribution is -2.66. The predicted molar refractivity (Wildman–Crippen MR) is 145 cm³/mol. The molecule has 0 heterocycles. The molecular formula is C30H40O2Si. The second-order valence-corrected chi connectivity index (χ2v) is 14.1. The van der Waals surface area contributed by atoms with Crippen LogP contribution >= 0.6 is 0 Å². The summed E-state index contributed by atoms with van der Waals surface area (Å²) in [6.07, 6.45) is 10.4. The molecule has 2 nitrogen and oxygen atoms in total. The molecular weight excluding hydrogens is 420 g/mol. The molecule has 0 aromatic heterocycles. The lowest BCUT2D eigenvalue weighted by molar-refractivity contribution is -0.104. The van der Waals surface area contributed by atoms with E-state index in [-0.39, 0.29) is 5.04 Å². The third kappa shape index (κ3) is 7.25. The van der Waals surface area contributed by atoms with Crippen molar-refractivity contribution in [2.45, 2.75) is 65.8 Å². The molecule has 0 aliphatic carbocycles. The van der Waals surface area contributed by atoms with Crippen molar-refractivity contribution in [1.29, 1.82) is 0 Å². The van der Waals surface area contributed by atoms with Crippen molar-refractivity contribution in [1.82, 2.24) is 0 Å². The van der Waals surface area contributed by atoms with E-state index in [4.69, 9.17) is 4.43 Å². The summed E-state index contributed by atoms with van der Waals surface area (Å²) in [6, 6.07) is 21.6. The first-order valence-corrected chi connectivity index (χ1v) is 13.8. The van der Waals surface area contributed by atoms with E-state index in [1.165, 1.54) is 21.5 Å². The maximum absolute atomic E-state index is 10.7. The second kappa shape index (κ2) is 12.7. The predicted octanol–water partition coefficient (Wildman–Crippen LogP) is 6.77. The van der Waals surface area contributed by atoms with Gasteiger partial charge in [0.15, 0.2) is 0 Å². The van der Waals surface area contributed by atoms with Crippen molar-refractivity contribution in [2.75, 3.05) is 6.61 Å². The average molecular weight is 461 g/mol. The fourth-order valence-electron chi connectivity index (χ4n) is 4.31. The first kappa shape index (κ1) is 26.8. The highest BCUT2D eigenvalue weighted by Crippen LogP contribution is 2.37. The molecule has 0 unspecified atom stereocenters. The van der Waals surface area contributed by atoms with Gasteiger partial charge in [-0.1, -0.05) is 105 Å². The van der Waals surface area contributed by atoms with Crippen LogP contribution in [0.4, 0.5) is 0 Å².